The van der Waals surface area contributed by atoms with E-state index in [1.807, 2.05) is 13.8 Å². The molecule has 0 saturated carbocycles. The summed E-state index contributed by atoms with van der Waals surface area (Å²) in [5, 5.41) is 2.87. The fourth-order valence-electron chi connectivity index (χ4n) is 3.26. The van der Waals surface area contributed by atoms with Gasteiger partial charge in [0.15, 0.2) is 0 Å². The Morgan fingerprint density at radius 3 is 2.63 bits per heavy atom. The van der Waals surface area contributed by atoms with Gasteiger partial charge in [-0.3, -0.25) is 9.69 Å². The number of carbonyl (C=O) groups is 2. The Kier molecular flexibility index (Phi) is 6.21. The highest BCUT2D eigenvalue weighted by Crippen LogP contribution is 2.31. The second-order valence-electron chi connectivity index (χ2n) is 7.29. The minimum Gasteiger partial charge on any atom is -0.325 e. The SMILES string of the molecule is CC(C)[C@H]1CN(c2ccc(Cl)cn2)C(=O)N1CC(=O)Nc1cccc(C(F)(F)F)c1. The molecule has 1 saturated heterocycles. The van der Waals surface area contributed by atoms with Gasteiger partial charge in [0.05, 0.1) is 16.6 Å². The van der Waals surface area contributed by atoms with Gasteiger partial charge < -0.3 is 10.2 Å². The van der Waals surface area contributed by atoms with Gasteiger partial charge in [0.2, 0.25) is 5.91 Å². The molecule has 0 unspecified atom stereocenters. The number of aromatic nitrogens is 1. The van der Waals surface area contributed by atoms with Gasteiger partial charge in [0, 0.05) is 18.4 Å². The van der Waals surface area contributed by atoms with Crippen molar-refractivity contribution in [1.82, 2.24) is 9.88 Å². The molecule has 2 heterocycles. The molecule has 1 atom stereocenters. The molecule has 1 aromatic carbocycles. The maximum Gasteiger partial charge on any atom is 0.416 e. The Bertz CT molecular complexity index is 934. The van der Waals surface area contributed by atoms with Crippen LogP contribution in [0.4, 0.5) is 29.5 Å². The molecule has 0 spiro atoms. The number of rotatable bonds is 5. The van der Waals surface area contributed by atoms with Crippen LogP contribution >= 0.6 is 11.6 Å². The van der Waals surface area contributed by atoms with Crippen molar-refractivity contribution < 1.29 is 22.8 Å². The molecule has 0 bridgehead atoms. The van der Waals surface area contributed by atoms with E-state index in [0.29, 0.717) is 17.4 Å². The minimum atomic E-state index is -4.51. The number of carbonyl (C=O) groups excluding carboxylic acids is 2. The van der Waals surface area contributed by atoms with E-state index in [1.54, 1.807) is 12.1 Å². The van der Waals surface area contributed by atoms with Gasteiger partial charge in [-0.05, 0) is 36.2 Å². The van der Waals surface area contributed by atoms with Crippen LogP contribution in [0.5, 0.6) is 0 Å². The summed E-state index contributed by atoms with van der Waals surface area (Å²) in [5.41, 5.74) is -0.851. The molecule has 30 heavy (non-hydrogen) atoms. The first-order chi connectivity index (χ1) is 14.1. The number of hydrogen-bond donors (Lipinski definition) is 1. The summed E-state index contributed by atoms with van der Waals surface area (Å²) >= 11 is 5.85. The lowest BCUT2D eigenvalue weighted by atomic mass is 10.0. The van der Waals surface area contributed by atoms with E-state index in [0.717, 1.165) is 12.1 Å². The Labute approximate surface area is 176 Å². The third-order valence-electron chi connectivity index (χ3n) is 4.79. The summed E-state index contributed by atoms with van der Waals surface area (Å²) in [6.45, 7) is 3.90. The normalized spacial score (nSPS) is 17.0. The van der Waals surface area contributed by atoms with E-state index in [9.17, 15) is 22.8 Å². The van der Waals surface area contributed by atoms with Crippen molar-refractivity contribution in [2.45, 2.75) is 26.1 Å². The van der Waals surface area contributed by atoms with Gasteiger partial charge in [-0.15, -0.1) is 0 Å². The van der Waals surface area contributed by atoms with Crippen molar-refractivity contribution in [1.29, 1.82) is 0 Å². The van der Waals surface area contributed by atoms with Crippen LogP contribution in [0.15, 0.2) is 42.6 Å². The summed E-state index contributed by atoms with van der Waals surface area (Å²) in [5.74, 6) is -0.123. The van der Waals surface area contributed by atoms with Crippen LogP contribution in [0.1, 0.15) is 19.4 Å². The number of anilines is 2. The van der Waals surface area contributed by atoms with Crippen LogP contribution < -0.4 is 10.2 Å². The lowest BCUT2D eigenvalue weighted by molar-refractivity contribution is -0.137. The number of benzene rings is 1. The van der Waals surface area contributed by atoms with E-state index in [4.69, 9.17) is 11.6 Å². The quantitative estimate of drug-likeness (QED) is 0.735. The fourth-order valence-corrected chi connectivity index (χ4v) is 3.38. The third-order valence-corrected chi connectivity index (χ3v) is 5.02. The second kappa shape index (κ2) is 8.51. The maximum absolute atomic E-state index is 12.9. The Hall–Kier alpha value is -2.81. The highest BCUT2D eigenvalue weighted by Gasteiger charge is 2.41. The molecule has 10 heteroatoms. The molecule has 1 aliphatic rings. The second-order valence-corrected chi connectivity index (χ2v) is 7.73. The van der Waals surface area contributed by atoms with Gasteiger partial charge in [0.25, 0.3) is 0 Å². The number of nitrogens with one attached hydrogen (secondary N) is 1. The molecular formula is C20H20ClF3N4O2. The first kappa shape index (κ1) is 21.9. The van der Waals surface area contributed by atoms with Gasteiger partial charge >= 0.3 is 12.2 Å². The summed E-state index contributed by atoms with van der Waals surface area (Å²) in [6.07, 6.45) is -3.09. The summed E-state index contributed by atoms with van der Waals surface area (Å²) < 4.78 is 38.6. The van der Waals surface area contributed by atoms with Crippen molar-refractivity contribution in [3.05, 3.63) is 53.2 Å². The Morgan fingerprint density at radius 2 is 2.03 bits per heavy atom. The van der Waals surface area contributed by atoms with E-state index >= 15 is 0 Å². The fraction of sp³-hybridized carbons (Fsp3) is 0.350. The molecule has 1 aliphatic heterocycles. The molecular weight excluding hydrogens is 421 g/mol. The molecule has 0 aliphatic carbocycles. The zero-order valence-corrected chi connectivity index (χ0v) is 17.0. The highest BCUT2D eigenvalue weighted by molar-refractivity contribution is 6.30. The van der Waals surface area contributed by atoms with Crippen molar-refractivity contribution in [3.63, 3.8) is 0 Å². The largest absolute Gasteiger partial charge is 0.416 e. The highest BCUT2D eigenvalue weighted by atomic mass is 35.5. The van der Waals surface area contributed by atoms with Crippen LogP contribution in [-0.4, -0.2) is 41.0 Å². The molecule has 2 aromatic rings. The van der Waals surface area contributed by atoms with Gasteiger partial charge in [-0.1, -0.05) is 31.5 Å². The number of urea groups is 1. The van der Waals surface area contributed by atoms with E-state index in [2.05, 4.69) is 10.3 Å². The van der Waals surface area contributed by atoms with Gasteiger partial charge in [-0.25, -0.2) is 9.78 Å². The number of nitrogens with zero attached hydrogens (tertiary/aromatic N) is 3. The Balaban J connectivity index is 1.74. The zero-order chi connectivity index (χ0) is 22.1. The van der Waals surface area contributed by atoms with Gasteiger partial charge in [-0.2, -0.15) is 13.2 Å². The van der Waals surface area contributed by atoms with Gasteiger partial charge in [0.1, 0.15) is 12.4 Å². The monoisotopic (exact) mass is 440 g/mol. The molecule has 3 rings (SSSR count). The Morgan fingerprint density at radius 1 is 1.30 bits per heavy atom. The lowest BCUT2D eigenvalue weighted by Gasteiger charge is -2.25. The van der Waals surface area contributed by atoms with Crippen LogP contribution in [0.25, 0.3) is 0 Å². The summed E-state index contributed by atoms with van der Waals surface area (Å²) in [6, 6.07) is 6.92. The minimum absolute atomic E-state index is 0.0128. The van der Waals surface area contributed by atoms with Crippen molar-refractivity contribution >= 4 is 35.0 Å². The molecule has 1 N–H and O–H groups in total. The topological polar surface area (TPSA) is 65.5 Å². The number of pyridine rings is 1. The van der Waals surface area contributed by atoms with Crippen LogP contribution in [0.3, 0.4) is 0 Å². The van der Waals surface area contributed by atoms with Crippen LogP contribution in [0.2, 0.25) is 5.02 Å². The predicted octanol–water partition coefficient (Wildman–Crippen LogP) is 4.66. The molecule has 1 aromatic heterocycles. The number of alkyl halides is 3. The third kappa shape index (κ3) is 4.84. The molecule has 160 valence electrons. The predicted molar refractivity (Wildman–Crippen MR) is 107 cm³/mol. The zero-order valence-electron chi connectivity index (χ0n) is 16.3. The molecule has 6 nitrogen and oxygen atoms in total. The number of halogens is 4. The lowest BCUT2D eigenvalue weighted by Crippen LogP contribution is -2.42. The van der Waals surface area contributed by atoms with Crippen molar-refractivity contribution in [3.8, 4) is 0 Å². The first-order valence-corrected chi connectivity index (χ1v) is 9.61. The maximum atomic E-state index is 12.9. The van der Waals surface area contributed by atoms with Crippen LogP contribution in [-0.2, 0) is 11.0 Å². The average Bonchev–Trinajstić information content (AvgIpc) is 2.98. The van der Waals surface area contributed by atoms with Crippen molar-refractivity contribution in [2.24, 2.45) is 5.92 Å². The summed E-state index contributed by atoms with van der Waals surface area (Å²) in [4.78, 5) is 32.4. The molecule has 3 amide bonds. The van der Waals surface area contributed by atoms with Crippen molar-refractivity contribution in [2.75, 3.05) is 23.3 Å². The smallest absolute Gasteiger partial charge is 0.325 e. The summed E-state index contributed by atoms with van der Waals surface area (Å²) in [7, 11) is 0. The molecule has 1 fully saturated rings. The first-order valence-electron chi connectivity index (χ1n) is 9.23. The van der Waals surface area contributed by atoms with E-state index < -0.39 is 23.7 Å². The van der Waals surface area contributed by atoms with Crippen LogP contribution in [0, 0.1) is 5.92 Å². The standard InChI is InChI=1S/C20H20ClF3N4O2/c1-12(2)16-10-28(17-7-6-14(21)9-25-17)19(30)27(16)11-18(29)26-15-5-3-4-13(8-15)20(22,23)24/h3-9,12,16H,10-11H2,1-2H3,(H,26,29)/t16-/m1/s1. The van der Waals surface area contributed by atoms with E-state index in [-0.39, 0.29) is 24.2 Å². The number of amides is 3. The van der Waals surface area contributed by atoms with E-state index in [1.165, 1.54) is 28.1 Å². The number of hydrogen-bond acceptors (Lipinski definition) is 3. The average molecular weight is 441 g/mol. The molecule has 0 radical (unpaired) electrons.